The first-order valence-corrected chi connectivity index (χ1v) is 9.83. The van der Waals surface area contributed by atoms with Gasteiger partial charge < -0.3 is 4.90 Å². The van der Waals surface area contributed by atoms with Crippen LogP contribution in [0.15, 0.2) is 35.9 Å². The number of allylic oxidation sites excluding steroid dienone is 1. The summed E-state index contributed by atoms with van der Waals surface area (Å²) in [5.41, 5.74) is 6.38. The van der Waals surface area contributed by atoms with Crippen molar-refractivity contribution in [1.29, 1.82) is 0 Å². The smallest absolute Gasteiger partial charge is 0.293 e. The SMILES string of the molecule is Cc1cc(C)c2c(c1)C(=O)C(=Cc1ccc(N3CCCC3)c([N+](=O)[O-])c1)CC2. The summed E-state index contributed by atoms with van der Waals surface area (Å²) in [6.07, 6.45) is 5.44. The molecule has 0 saturated carbocycles. The van der Waals surface area contributed by atoms with E-state index in [2.05, 4.69) is 11.0 Å². The number of benzene rings is 2. The number of nitrogens with zero attached hydrogens (tertiary/aromatic N) is 2. The van der Waals surface area contributed by atoms with Gasteiger partial charge in [-0.25, -0.2) is 0 Å². The molecule has 0 aromatic heterocycles. The van der Waals surface area contributed by atoms with Gasteiger partial charge in [-0.15, -0.1) is 0 Å². The minimum Gasteiger partial charge on any atom is -0.366 e. The third-order valence-electron chi connectivity index (χ3n) is 5.78. The van der Waals surface area contributed by atoms with Crippen LogP contribution in [-0.2, 0) is 6.42 Å². The van der Waals surface area contributed by atoms with E-state index in [-0.39, 0.29) is 16.4 Å². The van der Waals surface area contributed by atoms with E-state index >= 15 is 0 Å². The van der Waals surface area contributed by atoms with Crippen LogP contribution in [0.3, 0.4) is 0 Å². The van der Waals surface area contributed by atoms with Crippen molar-refractivity contribution in [3.63, 3.8) is 0 Å². The normalized spacial score (nSPS) is 17.9. The molecule has 1 aliphatic heterocycles. The Morgan fingerprint density at radius 2 is 1.82 bits per heavy atom. The van der Waals surface area contributed by atoms with Crippen molar-refractivity contribution < 1.29 is 9.72 Å². The van der Waals surface area contributed by atoms with Gasteiger partial charge in [0.25, 0.3) is 5.69 Å². The molecule has 1 saturated heterocycles. The fourth-order valence-electron chi connectivity index (χ4n) is 4.42. The molecule has 0 atom stereocenters. The zero-order valence-electron chi connectivity index (χ0n) is 16.3. The second-order valence-corrected chi connectivity index (χ2v) is 7.81. The van der Waals surface area contributed by atoms with E-state index in [9.17, 15) is 14.9 Å². The summed E-state index contributed by atoms with van der Waals surface area (Å²) in [7, 11) is 0. The fraction of sp³-hybridized carbons (Fsp3) is 0.348. The number of nitro groups is 1. The zero-order chi connectivity index (χ0) is 19.8. The standard InChI is InChI=1S/C23H24N2O3/c1-15-11-16(2)19-7-6-18(23(26)20(19)12-15)13-17-5-8-21(22(14-17)25(27)28)24-9-3-4-10-24/h5,8,11-14H,3-4,6-7,9-10H2,1-2H3. The number of anilines is 1. The van der Waals surface area contributed by atoms with Crippen molar-refractivity contribution in [3.8, 4) is 0 Å². The van der Waals surface area contributed by atoms with Crippen LogP contribution in [-0.4, -0.2) is 23.8 Å². The van der Waals surface area contributed by atoms with Crippen LogP contribution in [0.25, 0.3) is 6.08 Å². The number of Topliss-reactive ketones (excluding diaryl/α,β-unsaturated/α-hetero) is 1. The number of ketones is 1. The highest BCUT2D eigenvalue weighted by molar-refractivity contribution is 6.13. The van der Waals surface area contributed by atoms with Crippen LogP contribution in [0.4, 0.5) is 11.4 Å². The van der Waals surface area contributed by atoms with Gasteiger partial charge in [-0.2, -0.15) is 0 Å². The summed E-state index contributed by atoms with van der Waals surface area (Å²) in [6.45, 7) is 5.76. The summed E-state index contributed by atoms with van der Waals surface area (Å²) >= 11 is 0. The van der Waals surface area contributed by atoms with Gasteiger partial charge in [-0.05, 0) is 74.4 Å². The molecule has 0 amide bonds. The fourth-order valence-corrected chi connectivity index (χ4v) is 4.42. The molecule has 1 aliphatic carbocycles. The van der Waals surface area contributed by atoms with Gasteiger partial charge in [0.1, 0.15) is 5.69 Å². The Labute approximate surface area is 164 Å². The monoisotopic (exact) mass is 376 g/mol. The molecule has 1 heterocycles. The largest absolute Gasteiger partial charge is 0.366 e. The highest BCUT2D eigenvalue weighted by Crippen LogP contribution is 2.34. The first-order chi connectivity index (χ1) is 13.4. The Kier molecular flexibility index (Phi) is 4.75. The Bertz CT molecular complexity index is 1000. The van der Waals surface area contributed by atoms with E-state index < -0.39 is 0 Å². The van der Waals surface area contributed by atoms with Gasteiger partial charge in [0.15, 0.2) is 5.78 Å². The molecule has 0 spiro atoms. The molecule has 144 valence electrons. The number of rotatable bonds is 3. The average molecular weight is 376 g/mol. The third-order valence-corrected chi connectivity index (χ3v) is 5.78. The maximum Gasteiger partial charge on any atom is 0.293 e. The molecule has 2 aliphatic rings. The minimum absolute atomic E-state index is 0.0410. The molecule has 0 bridgehead atoms. The number of carbonyl (C=O) groups is 1. The predicted octanol–water partition coefficient (Wildman–Crippen LogP) is 5.02. The van der Waals surface area contributed by atoms with Gasteiger partial charge in [0, 0.05) is 30.3 Å². The molecule has 0 unspecified atom stereocenters. The maximum absolute atomic E-state index is 13.0. The number of hydrogen-bond acceptors (Lipinski definition) is 4. The lowest BCUT2D eigenvalue weighted by Crippen LogP contribution is -2.19. The topological polar surface area (TPSA) is 63.5 Å². The van der Waals surface area contributed by atoms with E-state index in [1.807, 2.05) is 38.1 Å². The summed E-state index contributed by atoms with van der Waals surface area (Å²) in [5, 5.41) is 11.6. The number of carbonyl (C=O) groups excluding carboxylic acids is 1. The highest BCUT2D eigenvalue weighted by Gasteiger charge is 2.25. The number of aryl methyl sites for hydroxylation is 2. The Morgan fingerprint density at radius 1 is 1.07 bits per heavy atom. The van der Waals surface area contributed by atoms with Crippen molar-refractivity contribution in [3.05, 3.63) is 73.8 Å². The van der Waals surface area contributed by atoms with E-state index in [0.29, 0.717) is 17.7 Å². The van der Waals surface area contributed by atoms with Crippen molar-refractivity contribution in [1.82, 2.24) is 0 Å². The summed E-state index contributed by atoms with van der Waals surface area (Å²) in [6, 6.07) is 9.38. The molecule has 5 heteroatoms. The van der Waals surface area contributed by atoms with Gasteiger partial charge in [-0.1, -0.05) is 17.7 Å². The molecule has 2 aromatic rings. The minimum atomic E-state index is -0.319. The lowest BCUT2D eigenvalue weighted by molar-refractivity contribution is -0.384. The molecule has 2 aromatic carbocycles. The van der Waals surface area contributed by atoms with Gasteiger partial charge in [0.2, 0.25) is 0 Å². The third kappa shape index (κ3) is 3.33. The first-order valence-electron chi connectivity index (χ1n) is 9.83. The number of fused-ring (bicyclic) bond motifs is 1. The maximum atomic E-state index is 13.0. The zero-order valence-corrected chi connectivity index (χ0v) is 16.3. The number of hydrogen-bond donors (Lipinski definition) is 0. The van der Waals surface area contributed by atoms with Crippen LogP contribution in [0.1, 0.15) is 51.9 Å². The predicted molar refractivity (Wildman–Crippen MR) is 111 cm³/mol. The van der Waals surface area contributed by atoms with Gasteiger partial charge in [0.05, 0.1) is 4.92 Å². The molecule has 1 fully saturated rings. The van der Waals surface area contributed by atoms with Crippen molar-refractivity contribution in [2.75, 3.05) is 18.0 Å². The molecule has 28 heavy (non-hydrogen) atoms. The van der Waals surface area contributed by atoms with Gasteiger partial charge in [-0.3, -0.25) is 14.9 Å². The Morgan fingerprint density at radius 3 is 2.54 bits per heavy atom. The van der Waals surface area contributed by atoms with Crippen molar-refractivity contribution in [2.45, 2.75) is 39.5 Å². The lowest BCUT2D eigenvalue weighted by Gasteiger charge is -2.21. The molecular weight excluding hydrogens is 352 g/mol. The second-order valence-electron chi connectivity index (χ2n) is 7.81. The molecule has 0 N–H and O–H groups in total. The van der Waals surface area contributed by atoms with Gasteiger partial charge >= 0.3 is 0 Å². The van der Waals surface area contributed by atoms with Crippen molar-refractivity contribution in [2.24, 2.45) is 0 Å². The lowest BCUT2D eigenvalue weighted by atomic mass is 9.83. The quantitative estimate of drug-likeness (QED) is 0.428. The summed E-state index contributed by atoms with van der Waals surface area (Å²) in [4.78, 5) is 26.4. The van der Waals surface area contributed by atoms with Crippen LogP contribution in [0.5, 0.6) is 0 Å². The summed E-state index contributed by atoms with van der Waals surface area (Å²) in [5.74, 6) is 0.0410. The average Bonchev–Trinajstić information content (AvgIpc) is 3.19. The van der Waals surface area contributed by atoms with E-state index in [0.717, 1.165) is 60.2 Å². The van der Waals surface area contributed by atoms with Crippen molar-refractivity contribution >= 4 is 23.2 Å². The number of nitro benzene ring substituents is 1. The Hall–Kier alpha value is -2.95. The Balaban J connectivity index is 1.70. The first kappa shape index (κ1) is 18.4. The summed E-state index contributed by atoms with van der Waals surface area (Å²) < 4.78 is 0. The highest BCUT2D eigenvalue weighted by atomic mass is 16.6. The van der Waals surface area contributed by atoms with Crippen LogP contribution in [0.2, 0.25) is 0 Å². The molecular formula is C23H24N2O3. The second kappa shape index (κ2) is 7.23. The molecule has 0 radical (unpaired) electrons. The van der Waals surface area contributed by atoms with E-state index in [4.69, 9.17) is 0 Å². The molecule has 4 rings (SSSR count). The van der Waals surface area contributed by atoms with Crippen LogP contribution < -0.4 is 4.90 Å². The van der Waals surface area contributed by atoms with Crippen LogP contribution >= 0.6 is 0 Å². The molecule has 5 nitrogen and oxygen atoms in total. The van der Waals surface area contributed by atoms with E-state index in [1.54, 1.807) is 6.07 Å². The van der Waals surface area contributed by atoms with Crippen LogP contribution in [0, 0.1) is 24.0 Å². The van der Waals surface area contributed by atoms with E-state index in [1.165, 1.54) is 0 Å².